The molecule has 2 rings (SSSR count). The van der Waals surface area contributed by atoms with E-state index in [0.717, 1.165) is 16.7 Å². The first-order chi connectivity index (χ1) is 6.70. The molecule has 0 amide bonds. The van der Waals surface area contributed by atoms with E-state index in [2.05, 4.69) is 26.3 Å². The molecule has 0 bridgehead atoms. The van der Waals surface area contributed by atoms with Crippen molar-refractivity contribution in [1.82, 2.24) is 15.0 Å². The smallest absolute Gasteiger partial charge is 0.224 e. The number of aryl methyl sites for hydroxylation is 2. The maximum Gasteiger partial charge on any atom is 0.224 e. The maximum atomic E-state index is 4.39. The Balaban J connectivity index is 2.70. The molecule has 0 unspecified atom stereocenters. The lowest BCUT2D eigenvalue weighted by molar-refractivity contribution is 1.12. The van der Waals surface area contributed by atoms with Gasteiger partial charge in [-0.2, -0.15) is 4.98 Å². The Labute approximate surface area is 82.4 Å². The Morgan fingerprint density at radius 2 is 2.00 bits per heavy atom. The van der Waals surface area contributed by atoms with E-state index in [1.807, 2.05) is 13.8 Å². The van der Waals surface area contributed by atoms with Crippen molar-refractivity contribution in [2.75, 3.05) is 12.4 Å². The minimum atomic E-state index is 0.605. The quantitative estimate of drug-likeness (QED) is 0.739. The van der Waals surface area contributed by atoms with E-state index in [4.69, 9.17) is 0 Å². The maximum absolute atomic E-state index is 4.39. The Morgan fingerprint density at radius 1 is 1.21 bits per heavy atom. The van der Waals surface area contributed by atoms with Crippen molar-refractivity contribution in [2.45, 2.75) is 13.8 Å². The largest absolute Gasteiger partial charge is 0.357 e. The molecular formula is C10H12N4. The zero-order valence-corrected chi connectivity index (χ0v) is 8.50. The summed E-state index contributed by atoms with van der Waals surface area (Å²) < 4.78 is 0. The lowest BCUT2D eigenvalue weighted by atomic mass is 10.2. The number of nitrogens with zero attached hydrogens (tertiary/aromatic N) is 3. The van der Waals surface area contributed by atoms with E-state index in [1.54, 1.807) is 13.2 Å². The first kappa shape index (κ1) is 8.87. The highest BCUT2D eigenvalue weighted by atomic mass is 15.1. The monoisotopic (exact) mass is 188 g/mol. The van der Waals surface area contributed by atoms with Gasteiger partial charge in [-0.25, -0.2) is 9.97 Å². The molecule has 0 aliphatic rings. The zero-order valence-electron chi connectivity index (χ0n) is 8.50. The van der Waals surface area contributed by atoms with E-state index < -0.39 is 0 Å². The molecule has 0 aliphatic carbocycles. The van der Waals surface area contributed by atoms with Gasteiger partial charge in [0, 0.05) is 24.3 Å². The van der Waals surface area contributed by atoms with Crippen molar-refractivity contribution in [3.63, 3.8) is 0 Å². The van der Waals surface area contributed by atoms with Crippen molar-refractivity contribution in [3.8, 4) is 0 Å². The third-order valence-corrected chi connectivity index (χ3v) is 2.24. The standard InChI is InChI=1S/C10H12N4/c1-6-4-8-5-12-10(11-3)14-9(8)13-7(6)2/h4-5H,1-3H3,(H,11,12,13,14). The number of anilines is 1. The normalized spacial score (nSPS) is 10.5. The molecule has 2 aromatic rings. The van der Waals surface area contributed by atoms with Gasteiger partial charge in [0.2, 0.25) is 5.95 Å². The molecule has 72 valence electrons. The van der Waals surface area contributed by atoms with Crippen LogP contribution in [0.2, 0.25) is 0 Å². The summed E-state index contributed by atoms with van der Waals surface area (Å²) >= 11 is 0. The third-order valence-electron chi connectivity index (χ3n) is 2.24. The first-order valence-corrected chi connectivity index (χ1v) is 4.49. The van der Waals surface area contributed by atoms with Crippen LogP contribution in [0.5, 0.6) is 0 Å². The van der Waals surface area contributed by atoms with E-state index in [9.17, 15) is 0 Å². The molecule has 0 fully saturated rings. The van der Waals surface area contributed by atoms with Crippen LogP contribution in [0.15, 0.2) is 12.3 Å². The lowest BCUT2D eigenvalue weighted by Crippen LogP contribution is -1.98. The van der Waals surface area contributed by atoms with Crippen molar-refractivity contribution in [1.29, 1.82) is 0 Å². The van der Waals surface area contributed by atoms with Gasteiger partial charge in [-0.3, -0.25) is 0 Å². The summed E-state index contributed by atoms with van der Waals surface area (Å²) in [6, 6.07) is 2.05. The Bertz CT molecular complexity index is 479. The van der Waals surface area contributed by atoms with Crippen molar-refractivity contribution < 1.29 is 0 Å². The number of aromatic nitrogens is 3. The van der Waals surface area contributed by atoms with Crippen LogP contribution in [0.4, 0.5) is 5.95 Å². The summed E-state index contributed by atoms with van der Waals surface area (Å²) in [5.74, 6) is 0.605. The Morgan fingerprint density at radius 3 is 2.71 bits per heavy atom. The van der Waals surface area contributed by atoms with Crippen molar-refractivity contribution >= 4 is 17.0 Å². The minimum Gasteiger partial charge on any atom is -0.357 e. The van der Waals surface area contributed by atoms with Crippen LogP contribution in [0.1, 0.15) is 11.3 Å². The molecule has 0 spiro atoms. The van der Waals surface area contributed by atoms with Gasteiger partial charge in [-0.15, -0.1) is 0 Å². The summed E-state index contributed by atoms with van der Waals surface area (Å²) in [5.41, 5.74) is 2.92. The van der Waals surface area contributed by atoms with Crippen LogP contribution in [-0.2, 0) is 0 Å². The lowest BCUT2D eigenvalue weighted by Gasteiger charge is -2.03. The van der Waals surface area contributed by atoms with Crippen LogP contribution in [0.25, 0.3) is 11.0 Å². The van der Waals surface area contributed by atoms with Gasteiger partial charge in [-0.1, -0.05) is 0 Å². The third kappa shape index (κ3) is 1.39. The summed E-state index contributed by atoms with van der Waals surface area (Å²) in [5, 5.41) is 3.87. The van der Waals surface area contributed by atoms with E-state index >= 15 is 0 Å². The second-order valence-electron chi connectivity index (χ2n) is 3.25. The van der Waals surface area contributed by atoms with Gasteiger partial charge in [-0.05, 0) is 25.5 Å². The summed E-state index contributed by atoms with van der Waals surface area (Å²) in [4.78, 5) is 12.8. The fraction of sp³-hybridized carbons (Fsp3) is 0.300. The molecule has 0 atom stereocenters. The molecule has 2 aromatic heterocycles. The van der Waals surface area contributed by atoms with Gasteiger partial charge in [0.15, 0.2) is 5.65 Å². The van der Waals surface area contributed by atoms with Crippen molar-refractivity contribution in [2.24, 2.45) is 0 Å². The van der Waals surface area contributed by atoms with Crippen LogP contribution in [0.3, 0.4) is 0 Å². The fourth-order valence-electron chi connectivity index (χ4n) is 1.28. The zero-order chi connectivity index (χ0) is 10.1. The fourth-order valence-corrected chi connectivity index (χ4v) is 1.28. The van der Waals surface area contributed by atoms with Crippen LogP contribution in [-0.4, -0.2) is 22.0 Å². The second-order valence-corrected chi connectivity index (χ2v) is 3.25. The molecule has 4 heteroatoms. The Hall–Kier alpha value is -1.71. The van der Waals surface area contributed by atoms with Gasteiger partial charge in [0.25, 0.3) is 0 Å². The summed E-state index contributed by atoms with van der Waals surface area (Å²) in [7, 11) is 1.79. The molecule has 2 heterocycles. The molecule has 0 aliphatic heterocycles. The number of hydrogen-bond acceptors (Lipinski definition) is 4. The molecular weight excluding hydrogens is 176 g/mol. The number of nitrogens with one attached hydrogen (secondary N) is 1. The van der Waals surface area contributed by atoms with Gasteiger partial charge < -0.3 is 5.32 Å². The molecule has 0 radical (unpaired) electrons. The average molecular weight is 188 g/mol. The van der Waals surface area contributed by atoms with E-state index in [0.29, 0.717) is 5.95 Å². The van der Waals surface area contributed by atoms with Gasteiger partial charge in [0.05, 0.1) is 0 Å². The topological polar surface area (TPSA) is 50.7 Å². The molecule has 0 aromatic carbocycles. The first-order valence-electron chi connectivity index (χ1n) is 4.49. The predicted octanol–water partition coefficient (Wildman–Crippen LogP) is 1.68. The average Bonchev–Trinajstić information content (AvgIpc) is 2.19. The summed E-state index contributed by atoms with van der Waals surface area (Å²) in [6.45, 7) is 4.02. The molecule has 4 nitrogen and oxygen atoms in total. The van der Waals surface area contributed by atoms with Crippen LogP contribution < -0.4 is 5.32 Å². The highest BCUT2D eigenvalue weighted by Crippen LogP contribution is 2.14. The van der Waals surface area contributed by atoms with Crippen molar-refractivity contribution in [3.05, 3.63) is 23.5 Å². The molecule has 0 saturated heterocycles. The SMILES string of the molecule is CNc1ncc2cc(C)c(C)nc2n1. The highest BCUT2D eigenvalue weighted by molar-refractivity contribution is 5.75. The number of hydrogen-bond donors (Lipinski definition) is 1. The number of fused-ring (bicyclic) bond motifs is 1. The second kappa shape index (κ2) is 3.21. The molecule has 1 N–H and O–H groups in total. The molecule has 14 heavy (non-hydrogen) atoms. The van der Waals surface area contributed by atoms with Gasteiger partial charge >= 0.3 is 0 Å². The minimum absolute atomic E-state index is 0.605. The van der Waals surface area contributed by atoms with E-state index in [1.165, 1.54) is 5.56 Å². The Kier molecular flexibility index (Phi) is 2.04. The highest BCUT2D eigenvalue weighted by Gasteiger charge is 2.02. The van der Waals surface area contributed by atoms with Crippen LogP contribution in [0, 0.1) is 13.8 Å². The van der Waals surface area contributed by atoms with Crippen LogP contribution >= 0.6 is 0 Å². The van der Waals surface area contributed by atoms with Gasteiger partial charge in [0.1, 0.15) is 0 Å². The summed E-state index contributed by atoms with van der Waals surface area (Å²) in [6.07, 6.45) is 1.79. The molecule has 0 saturated carbocycles. The van der Waals surface area contributed by atoms with E-state index in [-0.39, 0.29) is 0 Å². The predicted molar refractivity (Wildman–Crippen MR) is 56.4 cm³/mol. The number of rotatable bonds is 1. The number of pyridine rings is 1.